The van der Waals surface area contributed by atoms with Gasteiger partial charge in [-0.05, 0) is 37.1 Å². The van der Waals surface area contributed by atoms with Gasteiger partial charge in [0.2, 0.25) is 18.6 Å². The third-order valence-electron chi connectivity index (χ3n) is 4.60. The van der Waals surface area contributed by atoms with Crippen LogP contribution in [-0.4, -0.2) is 30.6 Å². The average molecular weight is 368 g/mol. The van der Waals surface area contributed by atoms with E-state index in [-0.39, 0.29) is 18.6 Å². The first kappa shape index (κ1) is 18.8. The summed E-state index contributed by atoms with van der Waals surface area (Å²) in [6.07, 6.45) is 0. The molecule has 0 aliphatic carbocycles. The van der Waals surface area contributed by atoms with Crippen molar-refractivity contribution in [2.24, 2.45) is 5.41 Å². The normalized spacial score (nSPS) is 12.6. The second-order valence-corrected chi connectivity index (χ2v) is 7.14. The summed E-state index contributed by atoms with van der Waals surface area (Å²) in [6, 6.07) is 15.2. The monoisotopic (exact) mass is 368 g/mol. The molecule has 6 nitrogen and oxygen atoms in total. The molecule has 0 aromatic heterocycles. The minimum Gasteiger partial charge on any atom is -0.454 e. The van der Waals surface area contributed by atoms with Crippen LogP contribution >= 0.6 is 0 Å². The molecule has 2 aromatic carbocycles. The molecule has 1 N–H and O–H groups in total. The zero-order valence-corrected chi connectivity index (χ0v) is 15.8. The molecular formula is C21H24N2O4. The molecule has 0 atom stereocenters. The zero-order valence-electron chi connectivity index (χ0n) is 15.8. The van der Waals surface area contributed by atoms with Gasteiger partial charge in [0.1, 0.15) is 5.41 Å². The van der Waals surface area contributed by atoms with Crippen LogP contribution in [0.5, 0.6) is 11.5 Å². The van der Waals surface area contributed by atoms with Crippen molar-refractivity contribution in [3.05, 3.63) is 59.7 Å². The summed E-state index contributed by atoms with van der Waals surface area (Å²) >= 11 is 0. The fourth-order valence-electron chi connectivity index (χ4n) is 2.96. The van der Waals surface area contributed by atoms with E-state index in [9.17, 15) is 9.59 Å². The Kier molecular flexibility index (Phi) is 5.35. The highest BCUT2D eigenvalue weighted by molar-refractivity contribution is 6.04. The van der Waals surface area contributed by atoms with Gasteiger partial charge < -0.3 is 19.7 Å². The van der Waals surface area contributed by atoms with E-state index < -0.39 is 5.41 Å². The predicted molar refractivity (Wildman–Crippen MR) is 101 cm³/mol. The Bertz CT molecular complexity index is 833. The SMILES string of the molecule is CN(Cc1ccccc1)C(=O)C(C)(C)C(=O)NCc1ccc2c(c1)OCO2. The molecule has 2 aromatic rings. The molecule has 1 heterocycles. The van der Waals surface area contributed by atoms with Crippen molar-refractivity contribution in [3.63, 3.8) is 0 Å². The fraction of sp³-hybridized carbons (Fsp3) is 0.333. The number of fused-ring (bicyclic) bond motifs is 1. The zero-order chi connectivity index (χ0) is 19.4. The van der Waals surface area contributed by atoms with Gasteiger partial charge in [0.05, 0.1) is 0 Å². The molecule has 0 unspecified atom stereocenters. The minimum absolute atomic E-state index is 0.209. The van der Waals surface area contributed by atoms with Crippen LogP contribution in [0.1, 0.15) is 25.0 Å². The summed E-state index contributed by atoms with van der Waals surface area (Å²) in [4.78, 5) is 27.0. The van der Waals surface area contributed by atoms with Crippen LogP contribution in [-0.2, 0) is 22.7 Å². The van der Waals surface area contributed by atoms with E-state index in [2.05, 4.69) is 5.32 Å². The smallest absolute Gasteiger partial charge is 0.237 e. The Balaban J connectivity index is 1.59. The highest BCUT2D eigenvalue weighted by Gasteiger charge is 2.38. The van der Waals surface area contributed by atoms with E-state index in [4.69, 9.17) is 9.47 Å². The summed E-state index contributed by atoms with van der Waals surface area (Å²) in [5.41, 5.74) is 0.735. The molecule has 0 saturated carbocycles. The van der Waals surface area contributed by atoms with E-state index in [0.29, 0.717) is 24.6 Å². The lowest BCUT2D eigenvalue weighted by Crippen LogP contribution is -2.48. The fourth-order valence-corrected chi connectivity index (χ4v) is 2.96. The molecular weight excluding hydrogens is 344 g/mol. The van der Waals surface area contributed by atoms with Crippen molar-refractivity contribution in [3.8, 4) is 11.5 Å². The van der Waals surface area contributed by atoms with Gasteiger partial charge in [-0.1, -0.05) is 36.4 Å². The van der Waals surface area contributed by atoms with Gasteiger partial charge in [-0.25, -0.2) is 0 Å². The first-order valence-corrected chi connectivity index (χ1v) is 8.84. The van der Waals surface area contributed by atoms with E-state index >= 15 is 0 Å². The number of hydrogen-bond acceptors (Lipinski definition) is 4. The van der Waals surface area contributed by atoms with Crippen LogP contribution in [0.25, 0.3) is 0 Å². The predicted octanol–water partition coefficient (Wildman–Crippen LogP) is 2.72. The van der Waals surface area contributed by atoms with Crippen LogP contribution in [0, 0.1) is 5.41 Å². The Labute approximate surface area is 159 Å². The largest absolute Gasteiger partial charge is 0.454 e. The molecule has 0 bridgehead atoms. The molecule has 0 saturated heterocycles. The number of amides is 2. The third kappa shape index (κ3) is 4.22. The van der Waals surface area contributed by atoms with E-state index in [1.165, 1.54) is 0 Å². The first-order chi connectivity index (χ1) is 12.9. The Hall–Kier alpha value is -3.02. The van der Waals surface area contributed by atoms with Gasteiger partial charge in [-0.3, -0.25) is 9.59 Å². The lowest BCUT2D eigenvalue weighted by Gasteiger charge is -2.28. The van der Waals surface area contributed by atoms with Gasteiger partial charge in [0.25, 0.3) is 0 Å². The number of nitrogens with one attached hydrogen (secondary N) is 1. The maximum atomic E-state index is 12.8. The molecule has 27 heavy (non-hydrogen) atoms. The van der Waals surface area contributed by atoms with Crippen molar-refractivity contribution in [2.45, 2.75) is 26.9 Å². The van der Waals surface area contributed by atoms with E-state index in [0.717, 1.165) is 11.1 Å². The Morgan fingerprint density at radius 1 is 1.04 bits per heavy atom. The van der Waals surface area contributed by atoms with Gasteiger partial charge in [0, 0.05) is 20.1 Å². The number of hydrogen-bond donors (Lipinski definition) is 1. The molecule has 6 heteroatoms. The molecule has 0 spiro atoms. The molecule has 1 aliphatic rings. The van der Waals surface area contributed by atoms with Gasteiger partial charge in [-0.15, -0.1) is 0 Å². The topological polar surface area (TPSA) is 67.9 Å². The lowest BCUT2D eigenvalue weighted by atomic mass is 9.90. The maximum Gasteiger partial charge on any atom is 0.237 e. The first-order valence-electron chi connectivity index (χ1n) is 8.84. The van der Waals surface area contributed by atoms with Crippen molar-refractivity contribution < 1.29 is 19.1 Å². The Morgan fingerprint density at radius 2 is 1.74 bits per heavy atom. The van der Waals surface area contributed by atoms with Crippen molar-refractivity contribution in [2.75, 3.05) is 13.8 Å². The highest BCUT2D eigenvalue weighted by atomic mass is 16.7. The van der Waals surface area contributed by atoms with Crippen LogP contribution in [0.2, 0.25) is 0 Å². The molecule has 2 amide bonds. The molecule has 3 rings (SSSR count). The number of nitrogens with zero attached hydrogens (tertiary/aromatic N) is 1. The average Bonchev–Trinajstić information content (AvgIpc) is 3.13. The van der Waals surface area contributed by atoms with Gasteiger partial charge >= 0.3 is 0 Å². The summed E-state index contributed by atoms with van der Waals surface area (Å²) in [6.45, 7) is 4.27. The van der Waals surface area contributed by atoms with Crippen LogP contribution in [0.3, 0.4) is 0 Å². The lowest BCUT2D eigenvalue weighted by molar-refractivity contribution is -0.148. The summed E-state index contributed by atoms with van der Waals surface area (Å²) < 4.78 is 10.6. The second kappa shape index (κ2) is 7.70. The van der Waals surface area contributed by atoms with Crippen LogP contribution < -0.4 is 14.8 Å². The summed E-state index contributed by atoms with van der Waals surface area (Å²) in [5, 5.41) is 2.85. The molecule has 1 aliphatic heterocycles. The van der Waals surface area contributed by atoms with Crippen LogP contribution in [0.15, 0.2) is 48.5 Å². The molecule has 0 fully saturated rings. The van der Waals surface area contributed by atoms with E-state index in [1.54, 1.807) is 25.8 Å². The number of ether oxygens (including phenoxy) is 2. The number of carbonyl (C=O) groups is 2. The minimum atomic E-state index is -1.17. The standard InChI is InChI=1S/C21H24N2O4/c1-21(2,20(25)23(3)13-15-7-5-4-6-8-15)19(24)22-12-16-9-10-17-18(11-16)27-14-26-17/h4-11H,12-14H2,1-3H3,(H,22,24). The quantitative estimate of drug-likeness (QED) is 0.796. The van der Waals surface area contributed by atoms with Gasteiger partial charge in [-0.2, -0.15) is 0 Å². The maximum absolute atomic E-state index is 12.8. The highest BCUT2D eigenvalue weighted by Crippen LogP contribution is 2.32. The molecule has 0 radical (unpaired) electrons. The third-order valence-corrected chi connectivity index (χ3v) is 4.60. The van der Waals surface area contributed by atoms with Crippen molar-refractivity contribution in [1.29, 1.82) is 0 Å². The van der Waals surface area contributed by atoms with Crippen LogP contribution in [0.4, 0.5) is 0 Å². The van der Waals surface area contributed by atoms with Crippen molar-refractivity contribution in [1.82, 2.24) is 10.2 Å². The Morgan fingerprint density at radius 3 is 2.48 bits per heavy atom. The summed E-state index contributed by atoms with van der Waals surface area (Å²) in [7, 11) is 1.71. The van der Waals surface area contributed by atoms with E-state index in [1.807, 2.05) is 48.5 Å². The number of carbonyl (C=O) groups excluding carboxylic acids is 2. The van der Waals surface area contributed by atoms with Gasteiger partial charge in [0.15, 0.2) is 11.5 Å². The molecule has 142 valence electrons. The van der Waals surface area contributed by atoms with Crippen molar-refractivity contribution >= 4 is 11.8 Å². The number of rotatable bonds is 6. The number of benzene rings is 2. The second-order valence-electron chi connectivity index (χ2n) is 7.14. The summed E-state index contributed by atoms with van der Waals surface area (Å²) in [5.74, 6) is 0.822.